The van der Waals surface area contributed by atoms with E-state index in [-0.39, 0.29) is 17.5 Å². The van der Waals surface area contributed by atoms with E-state index in [0.717, 1.165) is 5.56 Å². The Hall–Kier alpha value is -2.44. The molecule has 1 aliphatic rings. The number of hydrogen-bond donors (Lipinski definition) is 1. The van der Waals surface area contributed by atoms with Crippen LogP contribution in [0.3, 0.4) is 0 Å². The standard InChI is InChI=1S/C21H22ClFN2O3/c22-17-3-1-2-16(12-17)19(28-21(24)27)13-25-10-8-15(9-11-25)20(26)14-4-6-18(23)7-5-14/h1-7,12,15,19H,8-11,13H2,(H2,24,27). The Morgan fingerprint density at radius 1 is 1.18 bits per heavy atom. The smallest absolute Gasteiger partial charge is 0.405 e. The summed E-state index contributed by atoms with van der Waals surface area (Å²) >= 11 is 6.04. The van der Waals surface area contributed by atoms with Crippen molar-refractivity contribution >= 4 is 23.5 Å². The molecule has 1 amide bonds. The first kappa shape index (κ1) is 20.3. The zero-order chi connectivity index (χ0) is 20.1. The predicted molar refractivity (Wildman–Crippen MR) is 105 cm³/mol. The Balaban J connectivity index is 1.60. The molecule has 3 rings (SSSR count). The Morgan fingerprint density at radius 2 is 1.86 bits per heavy atom. The first-order chi connectivity index (χ1) is 13.4. The van der Waals surface area contributed by atoms with Gasteiger partial charge in [0.1, 0.15) is 11.9 Å². The Bertz CT molecular complexity index is 836. The first-order valence-electron chi connectivity index (χ1n) is 9.16. The zero-order valence-electron chi connectivity index (χ0n) is 15.3. The van der Waals surface area contributed by atoms with Crippen molar-refractivity contribution in [1.29, 1.82) is 0 Å². The number of nitrogens with zero attached hydrogens (tertiary/aromatic N) is 1. The fourth-order valence-electron chi connectivity index (χ4n) is 3.52. The number of rotatable bonds is 6. The zero-order valence-corrected chi connectivity index (χ0v) is 16.1. The molecule has 0 spiro atoms. The number of nitrogens with two attached hydrogens (primary N) is 1. The lowest BCUT2D eigenvalue weighted by atomic mass is 9.88. The maximum absolute atomic E-state index is 13.0. The van der Waals surface area contributed by atoms with E-state index in [1.54, 1.807) is 18.2 Å². The molecular formula is C21H22ClFN2O3. The van der Waals surface area contributed by atoms with Crippen LogP contribution in [0, 0.1) is 11.7 Å². The fraction of sp³-hybridized carbons (Fsp3) is 0.333. The molecule has 0 radical (unpaired) electrons. The summed E-state index contributed by atoms with van der Waals surface area (Å²) in [7, 11) is 0. The summed E-state index contributed by atoms with van der Waals surface area (Å²) in [5.74, 6) is -0.407. The highest BCUT2D eigenvalue weighted by molar-refractivity contribution is 6.30. The SMILES string of the molecule is NC(=O)OC(CN1CCC(C(=O)c2ccc(F)cc2)CC1)c1cccc(Cl)c1. The van der Waals surface area contributed by atoms with E-state index in [2.05, 4.69) is 4.90 Å². The van der Waals surface area contributed by atoms with Crippen LogP contribution in [0.25, 0.3) is 0 Å². The minimum absolute atomic E-state index is 0.0411. The first-order valence-corrected chi connectivity index (χ1v) is 9.54. The quantitative estimate of drug-likeness (QED) is 0.732. The maximum Gasteiger partial charge on any atom is 0.405 e. The third-order valence-electron chi connectivity index (χ3n) is 4.99. The number of carbonyl (C=O) groups is 2. The minimum Gasteiger partial charge on any atom is -0.440 e. The molecule has 0 bridgehead atoms. The largest absolute Gasteiger partial charge is 0.440 e. The van der Waals surface area contributed by atoms with Crippen LogP contribution in [-0.2, 0) is 4.74 Å². The number of ketones is 1. The van der Waals surface area contributed by atoms with Gasteiger partial charge in [0.05, 0.1) is 0 Å². The van der Waals surface area contributed by atoms with E-state index in [0.29, 0.717) is 43.1 Å². The molecule has 1 fully saturated rings. The van der Waals surface area contributed by atoms with Crippen LogP contribution >= 0.6 is 11.6 Å². The van der Waals surface area contributed by atoms with Gasteiger partial charge in [-0.15, -0.1) is 0 Å². The number of amides is 1. The van der Waals surface area contributed by atoms with E-state index < -0.39 is 12.2 Å². The van der Waals surface area contributed by atoms with E-state index in [4.69, 9.17) is 22.1 Å². The van der Waals surface area contributed by atoms with E-state index in [9.17, 15) is 14.0 Å². The second kappa shape index (κ2) is 9.17. The third-order valence-corrected chi connectivity index (χ3v) is 5.23. The molecule has 1 saturated heterocycles. The van der Waals surface area contributed by atoms with Gasteiger partial charge in [0.15, 0.2) is 5.78 Å². The average molecular weight is 405 g/mol. The van der Waals surface area contributed by atoms with Crippen LogP contribution in [0.5, 0.6) is 0 Å². The molecule has 5 nitrogen and oxygen atoms in total. The van der Waals surface area contributed by atoms with Crippen LogP contribution in [0.4, 0.5) is 9.18 Å². The highest BCUT2D eigenvalue weighted by Crippen LogP contribution is 2.26. The summed E-state index contributed by atoms with van der Waals surface area (Å²) in [6.07, 6.45) is 0.0104. The lowest BCUT2D eigenvalue weighted by molar-refractivity contribution is 0.0598. The van der Waals surface area contributed by atoms with Gasteiger partial charge in [-0.3, -0.25) is 9.69 Å². The van der Waals surface area contributed by atoms with Crippen molar-refractivity contribution in [2.45, 2.75) is 18.9 Å². The molecule has 2 aromatic carbocycles. The summed E-state index contributed by atoms with van der Waals surface area (Å²) in [5, 5.41) is 0.555. The number of likely N-dealkylation sites (tertiary alicyclic amines) is 1. The average Bonchev–Trinajstić information content (AvgIpc) is 2.68. The summed E-state index contributed by atoms with van der Waals surface area (Å²) in [6.45, 7) is 1.86. The molecule has 1 heterocycles. The fourth-order valence-corrected chi connectivity index (χ4v) is 3.72. The monoisotopic (exact) mass is 404 g/mol. The van der Waals surface area contributed by atoms with Crippen molar-refractivity contribution < 1.29 is 18.7 Å². The van der Waals surface area contributed by atoms with Crippen molar-refractivity contribution in [3.05, 3.63) is 70.5 Å². The molecule has 148 valence electrons. The number of hydrogen-bond acceptors (Lipinski definition) is 4. The van der Waals surface area contributed by atoms with E-state index in [1.165, 1.54) is 24.3 Å². The normalized spacial score (nSPS) is 16.5. The van der Waals surface area contributed by atoms with Crippen LogP contribution < -0.4 is 5.73 Å². The van der Waals surface area contributed by atoms with Gasteiger partial charge in [-0.1, -0.05) is 23.7 Å². The molecule has 0 aromatic heterocycles. The van der Waals surface area contributed by atoms with Gasteiger partial charge in [0.25, 0.3) is 0 Å². The van der Waals surface area contributed by atoms with Crippen molar-refractivity contribution in [3.63, 3.8) is 0 Å². The number of halogens is 2. The summed E-state index contributed by atoms with van der Waals surface area (Å²) in [6, 6.07) is 12.8. The van der Waals surface area contributed by atoms with Gasteiger partial charge in [-0.2, -0.15) is 0 Å². The van der Waals surface area contributed by atoms with Gasteiger partial charge in [-0.25, -0.2) is 9.18 Å². The summed E-state index contributed by atoms with van der Waals surface area (Å²) < 4.78 is 18.3. The van der Waals surface area contributed by atoms with Crippen molar-refractivity contribution in [1.82, 2.24) is 4.90 Å². The predicted octanol–water partition coefficient (Wildman–Crippen LogP) is 4.21. The highest BCUT2D eigenvalue weighted by atomic mass is 35.5. The van der Waals surface area contributed by atoms with Gasteiger partial charge in [-0.05, 0) is 67.9 Å². The topological polar surface area (TPSA) is 72.6 Å². The van der Waals surface area contributed by atoms with Crippen molar-refractivity contribution in [2.24, 2.45) is 11.7 Å². The highest BCUT2D eigenvalue weighted by Gasteiger charge is 2.28. The van der Waals surface area contributed by atoms with Gasteiger partial charge in [0, 0.05) is 23.0 Å². The molecule has 1 atom stereocenters. The van der Waals surface area contributed by atoms with Crippen LogP contribution in [0.15, 0.2) is 48.5 Å². The number of primary amides is 1. The summed E-state index contributed by atoms with van der Waals surface area (Å²) in [5.41, 5.74) is 6.54. The van der Waals surface area contributed by atoms with E-state index >= 15 is 0 Å². The molecule has 1 aliphatic heterocycles. The molecule has 28 heavy (non-hydrogen) atoms. The van der Waals surface area contributed by atoms with Crippen molar-refractivity contribution in [3.8, 4) is 0 Å². The van der Waals surface area contributed by atoms with Gasteiger partial charge in [0.2, 0.25) is 0 Å². The van der Waals surface area contributed by atoms with Crippen LogP contribution in [0.1, 0.15) is 34.9 Å². The molecule has 0 aliphatic carbocycles. The number of carbonyl (C=O) groups excluding carboxylic acids is 2. The van der Waals surface area contributed by atoms with Crippen LogP contribution in [-0.4, -0.2) is 36.4 Å². The lowest BCUT2D eigenvalue weighted by Gasteiger charge is -2.33. The Labute approximate surface area is 168 Å². The third kappa shape index (κ3) is 5.30. The van der Waals surface area contributed by atoms with E-state index in [1.807, 2.05) is 6.07 Å². The number of benzene rings is 2. The molecule has 7 heteroatoms. The molecular weight excluding hydrogens is 383 g/mol. The second-order valence-corrected chi connectivity index (χ2v) is 7.36. The molecule has 0 saturated carbocycles. The van der Waals surface area contributed by atoms with Crippen LogP contribution in [0.2, 0.25) is 5.02 Å². The van der Waals surface area contributed by atoms with Gasteiger partial charge < -0.3 is 10.5 Å². The summed E-state index contributed by atoms with van der Waals surface area (Å²) in [4.78, 5) is 26.1. The maximum atomic E-state index is 13.0. The Morgan fingerprint density at radius 3 is 2.46 bits per heavy atom. The van der Waals surface area contributed by atoms with Gasteiger partial charge >= 0.3 is 6.09 Å². The number of piperidine rings is 1. The number of Topliss-reactive ketones (excluding diaryl/α,β-unsaturated/α-hetero) is 1. The lowest BCUT2D eigenvalue weighted by Crippen LogP contribution is -2.39. The second-order valence-electron chi connectivity index (χ2n) is 6.93. The molecule has 2 aromatic rings. The number of ether oxygens (including phenoxy) is 1. The molecule has 1 unspecified atom stereocenters. The van der Waals surface area contributed by atoms with Crippen molar-refractivity contribution in [2.75, 3.05) is 19.6 Å². The molecule has 2 N–H and O–H groups in total. The minimum atomic E-state index is -0.841. The Kier molecular flexibility index (Phi) is 6.65.